The van der Waals surface area contributed by atoms with E-state index < -0.39 is 23.5 Å². The van der Waals surface area contributed by atoms with Crippen LogP contribution in [-0.4, -0.2) is 23.8 Å². The van der Waals surface area contributed by atoms with Crippen LogP contribution in [0.25, 0.3) is 11.1 Å². The van der Waals surface area contributed by atoms with Crippen molar-refractivity contribution in [3.05, 3.63) is 95.6 Å². The number of hydrogen-bond donors (Lipinski definition) is 2. The van der Waals surface area contributed by atoms with Crippen LogP contribution in [0.1, 0.15) is 36.5 Å². The van der Waals surface area contributed by atoms with E-state index in [1.54, 1.807) is 38.1 Å². The molecule has 0 aromatic heterocycles. The number of carboxylic acids is 1. The first-order chi connectivity index (χ1) is 14.9. The average Bonchev–Trinajstić information content (AvgIpc) is 3.10. The Morgan fingerprint density at radius 2 is 1.42 bits per heavy atom. The maximum atomic E-state index is 12.8. The Labute approximate surface area is 181 Å². The lowest BCUT2D eigenvalue weighted by molar-refractivity contribution is -0.147. The van der Waals surface area contributed by atoms with Crippen LogP contribution in [0.4, 0.5) is 4.79 Å². The summed E-state index contributed by atoms with van der Waals surface area (Å²) < 4.78 is 5.60. The molecule has 0 unspecified atom stereocenters. The molecule has 2 N–H and O–H groups in total. The summed E-state index contributed by atoms with van der Waals surface area (Å²) in [5.41, 5.74) is 3.41. The largest absolute Gasteiger partial charge is 0.479 e. The van der Waals surface area contributed by atoms with Crippen molar-refractivity contribution in [3.63, 3.8) is 0 Å². The number of nitrogens with one attached hydrogen (secondary N) is 1. The molecule has 0 spiro atoms. The third-order valence-corrected chi connectivity index (χ3v) is 6.08. The number of benzene rings is 3. The van der Waals surface area contributed by atoms with Crippen LogP contribution in [0.5, 0.6) is 0 Å². The molecule has 158 valence electrons. The SMILES string of the molecule is CC(C)[C@](NC(=O)OCC1c2ccccc2-c2ccccc21)(C(=O)O)c1ccccc1. The van der Waals surface area contributed by atoms with Crippen LogP contribution in [-0.2, 0) is 15.1 Å². The predicted octanol–water partition coefficient (Wildman–Crippen LogP) is 5.16. The van der Waals surface area contributed by atoms with Crippen LogP contribution < -0.4 is 5.32 Å². The zero-order valence-corrected chi connectivity index (χ0v) is 17.5. The smallest absolute Gasteiger partial charge is 0.408 e. The second-order valence-electron chi connectivity index (χ2n) is 8.08. The van der Waals surface area contributed by atoms with Gasteiger partial charge in [-0.25, -0.2) is 9.59 Å². The van der Waals surface area contributed by atoms with Gasteiger partial charge in [-0.05, 0) is 33.7 Å². The van der Waals surface area contributed by atoms with Crippen LogP contribution in [0.15, 0.2) is 78.9 Å². The van der Waals surface area contributed by atoms with Crippen molar-refractivity contribution in [2.45, 2.75) is 25.3 Å². The highest BCUT2D eigenvalue weighted by Gasteiger charge is 2.45. The number of hydrogen-bond acceptors (Lipinski definition) is 3. The molecular formula is C26H25NO4. The highest BCUT2D eigenvalue weighted by atomic mass is 16.5. The molecule has 0 heterocycles. The van der Waals surface area contributed by atoms with Crippen molar-refractivity contribution in [1.29, 1.82) is 0 Å². The quantitative estimate of drug-likeness (QED) is 0.583. The number of carboxylic acid groups (broad SMARTS) is 1. The van der Waals surface area contributed by atoms with Crippen molar-refractivity contribution in [2.75, 3.05) is 6.61 Å². The predicted molar refractivity (Wildman–Crippen MR) is 119 cm³/mol. The van der Waals surface area contributed by atoms with E-state index in [-0.39, 0.29) is 12.5 Å². The van der Waals surface area contributed by atoms with Gasteiger partial charge in [0, 0.05) is 5.92 Å². The van der Waals surface area contributed by atoms with Gasteiger partial charge in [0.05, 0.1) is 0 Å². The zero-order valence-electron chi connectivity index (χ0n) is 17.5. The first-order valence-electron chi connectivity index (χ1n) is 10.4. The number of fused-ring (bicyclic) bond motifs is 3. The Morgan fingerprint density at radius 1 is 0.903 bits per heavy atom. The van der Waals surface area contributed by atoms with Gasteiger partial charge in [-0.2, -0.15) is 0 Å². The van der Waals surface area contributed by atoms with E-state index in [0.717, 1.165) is 22.3 Å². The fraction of sp³-hybridized carbons (Fsp3) is 0.231. The van der Waals surface area contributed by atoms with Crippen molar-refractivity contribution in [2.24, 2.45) is 5.92 Å². The van der Waals surface area contributed by atoms with Crippen LogP contribution >= 0.6 is 0 Å². The molecule has 0 bridgehead atoms. The normalized spacial score (nSPS) is 14.4. The lowest BCUT2D eigenvalue weighted by Gasteiger charge is -2.34. The fourth-order valence-electron chi connectivity index (χ4n) is 4.47. The molecule has 3 aromatic rings. The monoisotopic (exact) mass is 415 g/mol. The van der Waals surface area contributed by atoms with Gasteiger partial charge in [0.2, 0.25) is 0 Å². The van der Waals surface area contributed by atoms with Crippen LogP contribution in [0, 0.1) is 5.92 Å². The minimum absolute atomic E-state index is 0.0897. The van der Waals surface area contributed by atoms with E-state index in [0.29, 0.717) is 5.56 Å². The van der Waals surface area contributed by atoms with Gasteiger partial charge in [-0.1, -0.05) is 92.7 Å². The van der Waals surface area contributed by atoms with Gasteiger partial charge < -0.3 is 15.2 Å². The third-order valence-electron chi connectivity index (χ3n) is 6.08. The number of alkyl carbamates (subject to hydrolysis) is 1. The number of carbonyl (C=O) groups excluding carboxylic acids is 1. The Hall–Kier alpha value is -3.60. The van der Waals surface area contributed by atoms with E-state index in [4.69, 9.17) is 4.74 Å². The molecule has 0 aliphatic heterocycles. The molecule has 1 aliphatic rings. The second-order valence-corrected chi connectivity index (χ2v) is 8.08. The van der Waals surface area contributed by atoms with E-state index in [1.807, 2.05) is 42.5 Å². The summed E-state index contributed by atoms with van der Waals surface area (Å²) in [4.78, 5) is 25.1. The molecule has 0 radical (unpaired) electrons. The summed E-state index contributed by atoms with van der Waals surface area (Å²) in [7, 11) is 0. The number of aliphatic carboxylic acids is 1. The van der Waals surface area contributed by atoms with Crippen molar-refractivity contribution in [1.82, 2.24) is 5.32 Å². The molecular weight excluding hydrogens is 390 g/mol. The Morgan fingerprint density at radius 3 is 1.94 bits per heavy atom. The summed E-state index contributed by atoms with van der Waals surface area (Å²) in [6.45, 7) is 3.66. The van der Waals surface area contributed by atoms with Gasteiger partial charge in [0.15, 0.2) is 5.54 Å². The molecule has 5 nitrogen and oxygen atoms in total. The summed E-state index contributed by atoms with van der Waals surface area (Å²) in [6, 6.07) is 24.9. The Bertz CT molecular complexity index is 1060. The minimum atomic E-state index is -1.58. The topological polar surface area (TPSA) is 75.6 Å². The van der Waals surface area contributed by atoms with Crippen molar-refractivity contribution < 1.29 is 19.4 Å². The maximum Gasteiger partial charge on any atom is 0.408 e. The fourth-order valence-corrected chi connectivity index (χ4v) is 4.47. The van der Waals surface area contributed by atoms with E-state index >= 15 is 0 Å². The Balaban J connectivity index is 1.57. The third kappa shape index (κ3) is 3.56. The van der Waals surface area contributed by atoms with E-state index in [2.05, 4.69) is 17.4 Å². The number of amides is 1. The van der Waals surface area contributed by atoms with Gasteiger partial charge in [-0.15, -0.1) is 0 Å². The standard InChI is InChI=1S/C26H25NO4/c1-17(2)26(24(28)29,18-10-4-3-5-11-18)27-25(30)31-16-23-21-14-8-6-12-19(21)20-13-7-9-15-22(20)23/h3-15,17,23H,16H2,1-2H3,(H,27,30)(H,28,29)/t26-/m1/s1. The van der Waals surface area contributed by atoms with Crippen LogP contribution in [0.2, 0.25) is 0 Å². The summed E-state index contributed by atoms with van der Waals surface area (Å²) in [5.74, 6) is -1.61. The molecule has 1 amide bonds. The second kappa shape index (κ2) is 8.26. The van der Waals surface area contributed by atoms with Crippen LogP contribution in [0.3, 0.4) is 0 Å². The minimum Gasteiger partial charge on any atom is -0.479 e. The number of carbonyl (C=O) groups is 2. The lowest BCUT2D eigenvalue weighted by Crippen LogP contribution is -2.55. The number of ether oxygens (including phenoxy) is 1. The van der Waals surface area contributed by atoms with Gasteiger partial charge >= 0.3 is 12.1 Å². The molecule has 0 saturated heterocycles. The molecule has 3 aromatic carbocycles. The highest BCUT2D eigenvalue weighted by molar-refractivity contribution is 5.86. The van der Waals surface area contributed by atoms with Gasteiger partial charge in [0.25, 0.3) is 0 Å². The molecule has 1 atom stereocenters. The number of rotatable bonds is 6. The lowest BCUT2D eigenvalue weighted by atomic mass is 9.80. The molecule has 31 heavy (non-hydrogen) atoms. The van der Waals surface area contributed by atoms with E-state index in [9.17, 15) is 14.7 Å². The molecule has 4 rings (SSSR count). The van der Waals surface area contributed by atoms with E-state index in [1.165, 1.54) is 0 Å². The average molecular weight is 415 g/mol. The molecule has 0 saturated carbocycles. The van der Waals surface area contributed by atoms with Gasteiger partial charge in [-0.3, -0.25) is 0 Å². The molecule has 1 aliphatic carbocycles. The summed E-state index contributed by atoms with van der Waals surface area (Å²) in [5, 5.41) is 12.7. The zero-order chi connectivity index (χ0) is 22.0. The first-order valence-corrected chi connectivity index (χ1v) is 10.4. The summed E-state index contributed by atoms with van der Waals surface area (Å²) >= 11 is 0. The molecule has 5 heteroatoms. The molecule has 0 fully saturated rings. The Kier molecular flexibility index (Phi) is 5.51. The summed E-state index contributed by atoms with van der Waals surface area (Å²) in [6.07, 6.45) is -0.748. The maximum absolute atomic E-state index is 12.8. The van der Waals surface area contributed by atoms with Crippen molar-refractivity contribution in [3.8, 4) is 11.1 Å². The highest BCUT2D eigenvalue weighted by Crippen LogP contribution is 2.44. The van der Waals surface area contributed by atoms with Gasteiger partial charge in [0.1, 0.15) is 6.61 Å². The van der Waals surface area contributed by atoms with Crippen molar-refractivity contribution >= 4 is 12.1 Å². The first kappa shape index (κ1) is 20.7.